The zero-order chi connectivity index (χ0) is 14.5. The summed E-state index contributed by atoms with van der Waals surface area (Å²) < 4.78 is 0. The van der Waals surface area contributed by atoms with Gasteiger partial charge in [0.2, 0.25) is 0 Å². The van der Waals surface area contributed by atoms with Crippen molar-refractivity contribution in [2.24, 2.45) is 5.92 Å². The Morgan fingerprint density at radius 3 is 2.75 bits per heavy atom. The number of nitrogens with zero attached hydrogens (tertiary/aromatic N) is 2. The molecule has 2 aromatic heterocycles. The Kier molecular flexibility index (Phi) is 4.68. The van der Waals surface area contributed by atoms with Crippen LogP contribution in [0.4, 0.5) is 5.82 Å². The van der Waals surface area contributed by atoms with Gasteiger partial charge in [0.05, 0.1) is 18.4 Å². The van der Waals surface area contributed by atoms with Gasteiger partial charge in [0.1, 0.15) is 11.5 Å². The predicted octanol–water partition coefficient (Wildman–Crippen LogP) is 2.71. The molecule has 0 radical (unpaired) electrons. The zero-order valence-corrected chi connectivity index (χ0v) is 12.6. The molecule has 0 aliphatic carbocycles. The molecule has 106 valence electrons. The van der Waals surface area contributed by atoms with E-state index in [1.807, 2.05) is 17.5 Å². The van der Waals surface area contributed by atoms with E-state index in [-0.39, 0.29) is 11.9 Å². The number of carbonyl (C=O) groups excluding carboxylic acids is 1. The van der Waals surface area contributed by atoms with Crippen molar-refractivity contribution in [2.75, 3.05) is 12.4 Å². The Morgan fingerprint density at radius 2 is 2.15 bits per heavy atom. The third-order valence-electron chi connectivity index (χ3n) is 2.93. The highest BCUT2D eigenvalue weighted by Crippen LogP contribution is 2.26. The summed E-state index contributed by atoms with van der Waals surface area (Å²) >= 11 is 1.64. The van der Waals surface area contributed by atoms with Gasteiger partial charge in [0.25, 0.3) is 5.91 Å². The third-order valence-corrected chi connectivity index (χ3v) is 3.88. The molecule has 0 aliphatic rings. The van der Waals surface area contributed by atoms with Gasteiger partial charge in [-0.05, 0) is 17.4 Å². The molecule has 1 amide bonds. The van der Waals surface area contributed by atoms with E-state index in [1.54, 1.807) is 24.6 Å². The van der Waals surface area contributed by atoms with Gasteiger partial charge in [0, 0.05) is 11.9 Å². The van der Waals surface area contributed by atoms with Gasteiger partial charge in [-0.3, -0.25) is 9.78 Å². The molecule has 0 saturated carbocycles. The van der Waals surface area contributed by atoms with Gasteiger partial charge in [-0.25, -0.2) is 4.98 Å². The van der Waals surface area contributed by atoms with Crippen molar-refractivity contribution in [2.45, 2.75) is 19.9 Å². The molecular weight excluding hydrogens is 272 g/mol. The van der Waals surface area contributed by atoms with Crippen molar-refractivity contribution in [1.82, 2.24) is 15.3 Å². The molecule has 5 nitrogen and oxygen atoms in total. The third kappa shape index (κ3) is 3.33. The minimum Gasteiger partial charge on any atom is -0.372 e. The standard InChI is InChI=1S/C14H18N4OS/c1-9(2)13(11-5-4-6-20-11)18-14(19)10-7-16-8-12(15-3)17-10/h4-9,13H,1-3H3,(H,15,17)(H,18,19). The topological polar surface area (TPSA) is 66.9 Å². The Hall–Kier alpha value is -1.95. The molecule has 0 fully saturated rings. The highest BCUT2D eigenvalue weighted by molar-refractivity contribution is 7.10. The van der Waals surface area contributed by atoms with Gasteiger partial charge in [-0.2, -0.15) is 0 Å². The highest BCUT2D eigenvalue weighted by Gasteiger charge is 2.20. The summed E-state index contributed by atoms with van der Waals surface area (Å²) in [6.07, 6.45) is 3.05. The molecule has 6 heteroatoms. The van der Waals surface area contributed by atoms with E-state index >= 15 is 0 Å². The van der Waals surface area contributed by atoms with Crippen LogP contribution in [-0.2, 0) is 0 Å². The molecule has 2 heterocycles. The first kappa shape index (κ1) is 14.5. The molecule has 0 saturated heterocycles. The quantitative estimate of drug-likeness (QED) is 0.888. The summed E-state index contributed by atoms with van der Waals surface area (Å²) in [7, 11) is 1.74. The first-order valence-corrected chi connectivity index (χ1v) is 7.34. The molecule has 0 spiro atoms. The van der Waals surface area contributed by atoms with Crippen molar-refractivity contribution in [1.29, 1.82) is 0 Å². The van der Waals surface area contributed by atoms with Crippen LogP contribution in [0.2, 0.25) is 0 Å². The van der Waals surface area contributed by atoms with Crippen LogP contribution in [0, 0.1) is 5.92 Å². The van der Waals surface area contributed by atoms with Crippen molar-refractivity contribution in [3.63, 3.8) is 0 Å². The van der Waals surface area contributed by atoms with E-state index in [4.69, 9.17) is 0 Å². The van der Waals surface area contributed by atoms with E-state index < -0.39 is 0 Å². The molecule has 0 aliphatic heterocycles. The average molecular weight is 290 g/mol. The fourth-order valence-electron chi connectivity index (χ4n) is 1.85. The monoisotopic (exact) mass is 290 g/mol. The zero-order valence-electron chi connectivity index (χ0n) is 11.8. The minimum atomic E-state index is -0.207. The van der Waals surface area contributed by atoms with Crippen LogP contribution in [-0.4, -0.2) is 22.9 Å². The second-order valence-corrected chi connectivity index (χ2v) is 5.73. The maximum Gasteiger partial charge on any atom is 0.272 e. The SMILES string of the molecule is CNc1cncc(C(=O)NC(c2cccs2)C(C)C)n1. The Labute approximate surface area is 122 Å². The number of hydrogen-bond acceptors (Lipinski definition) is 5. The van der Waals surface area contributed by atoms with E-state index in [2.05, 4.69) is 34.4 Å². The lowest BCUT2D eigenvalue weighted by Crippen LogP contribution is -2.32. The van der Waals surface area contributed by atoms with Gasteiger partial charge in [-0.15, -0.1) is 11.3 Å². The number of nitrogens with one attached hydrogen (secondary N) is 2. The lowest BCUT2D eigenvalue weighted by Gasteiger charge is -2.21. The molecule has 1 atom stereocenters. The summed E-state index contributed by atoms with van der Waals surface area (Å²) in [6, 6.07) is 4.01. The molecule has 2 rings (SSSR count). The van der Waals surface area contributed by atoms with Crippen molar-refractivity contribution in [3.8, 4) is 0 Å². The molecule has 0 bridgehead atoms. The van der Waals surface area contributed by atoms with Crippen LogP contribution in [0.1, 0.15) is 35.3 Å². The number of thiophene rings is 1. The van der Waals surface area contributed by atoms with Gasteiger partial charge in [0.15, 0.2) is 0 Å². The molecule has 1 unspecified atom stereocenters. The molecule has 0 aromatic carbocycles. The van der Waals surface area contributed by atoms with Crippen LogP contribution in [0.25, 0.3) is 0 Å². The van der Waals surface area contributed by atoms with Crippen LogP contribution in [0.15, 0.2) is 29.9 Å². The molecule has 2 aromatic rings. The summed E-state index contributed by atoms with van der Waals surface area (Å²) in [4.78, 5) is 21.6. The van der Waals surface area contributed by atoms with E-state index in [0.29, 0.717) is 17.4 Å². The largest absolute Gasteiger partial charge is 0.372 e. The van der Waals surface area contributed by atoms with Crippen molar-refractivity contribution >= 4 is 23.1 Å². The summed E-state index contributed by atoms with van der Waals surface area (Å²) in [5.41, 5.74) is 0.319. The molecule has 2 N–H and O–H groups in total. The summed E-state index contributed by atoms with van der Waals surface area (Å²) in [5.74, 6) is 0.676. The lowest BCUT2D eigenvalue weighted by molar-refractivity contribution is 0.0921. The van der Waals surface area contributed by atoms with Crippen LogP contribution in [0.5, 0.6) is 0 Å². The molecular formula is C14H18N4OS. The second-order valence-electron chi connectivity index (χ2n) is 4.75. The molecule has 20 heavy (non-hydrogen) atoms. The average Bonchev–Trinajstić information content (AvgIpc) is 2.98. The first-order chi connectivity index (χ1) is 9.61. The number of amides is 1. The van der Waals surface area contributed by atoms with Crippen LogP contribution >= 0.6 is 11.3 Å². The Balaban J connectivity index is 2.16. The smallest absolute Gasteiger partial charge is 0.272 e. The number of hydrogen-bond donors (Lipinski definition) is 2. The van der Waals surface area contributed by atoms with E-state index in [0.717, 1.165) is 4.88 Å². The van der Waals surface area contributed by atoms with Crippen molar-refractivity contribution < 1.29 is 4.79 Å². The number of rotatable bonds is 5. The van der Waals surface area contributed by atoms with Crippen LogP contribution in [0.3, 0.4) is 0 Å². The highest BCUT2D eigenvalue weighted by atomic mass is 32.1. The van der Waals surface area contributed by atoms with E-state index in [9.17, 15) is 4.79 Å². The van der Waals surface area contributed by atoms with Crippen molar-refractivity contribution in [3.05, 3.63) is 40.5 Å². The first-order valence-electron chi connectivity index (χ1n) is 6.46. The summed E-state index contributed by atoms with van der Waals surface area (Å²) in [6.45, 7) is 4.17. The van der Waals surface area contributed by atoms with Gasteiger partial charge >= 0.3 is 0 Å². The maximum absolute atomic E-state index is 12.3. The summed E-state index contributed by atoms with van der Waals surface area (Å²) in [5, 5.41) is 7.91. The lowest BCUT2D eigenvalue weighted by atomic mass is 10.0. The minimum absolute atomic E-state index is 0.0115. The van der Waals surface area contributed by atoms with Gasteiger partial charge < -0.3 is 10.6 Å². The predicted molar refractivity (Wildman–Crippen MR) is 80.9 cm³/mol. The fourth-order valence-corrected chi connectivity index (χ4v) is 2.79. The fraction of sp³-hybridized carbons (Fsp3) is 0.357. The Morgan fingerprint density at radius 1 is 1.35 bits per heavy atom. The van der Waals surface area contributed by atoms with Gasteiger partial charge in [-0.1, -0.05) is 19.9 Å². The second kappa shape index (κ2) is 6.47. The number of anilines is 1. The van der Waals surface area contributed by atoms with Crippen LogP contribution < -0.4 is 10.6 Å². The van der Waals surface area contributed by atoms with E-state index in [1.165, 1.54) is 6.20 Å². The number of aromatic nitrogens is 2. The Bertz CT molecular complexity index is 568. The number of carbonyl (C=O) groups is 1. The maximum atomic E-state index is 12.3. The normalized spacial score (nSPS) is 12.2.